The summed E-state index contributed by atoms with van der Waals surface area (Å²) >= 11 is 0. The van der Waals surface area contributed by atoms with Gasteiger partial charge in [0, 0.05) is 11.7 Å². The van der Waals surface area contributed by atoms with E-state index in [2.05, 4.69) is 38.2 Å². The second kappa shape index (κ2) is 10.6. The van der Waals surface area contributed by atoms with Crippen molar-refractivity contribution in [3.05, 3.63) is 28.8 Å². The average molecular weight is 389 g/mol. The molecule has 28 heavy (non-hydrogen) atoms. The molecular formula is C23H38N3O2+. The van der Waals surface area contributed by atoms with E-state index in [0.29, 0.717) is 6.54 Å². The van der Waals surface area contributed by atoms with Gasteiger partial charge in [-0.15, -0.1) is 0 Å². The van der Waals surface area contributed by atoms with Crippen LogP contribution in [-0.2, 0) is 9.59 Å². The third-order valence-electron chi connectivity index (χ3n) is 5.99. The van der Waals surface area contributed by atoms with Gasteiger partial charge >= 0.3 is 0 Å². The largest absolute Gasteiger partial charge is 0.328 e. The minimum absolute atomic E-state index is 0.0940. The number of nitrogens with zero attached hydrogens (tertiary/aromatic N) is 1. The lowest BCUT2D eigenvalue weighted by molar-refractivity contribution is -0.888. The quantitative estimate of drug-likeness (QED) is 0.719. The van der Waals surface area contributed by atoms with E-state index >= 15 is 0 Å². The molecule has 1 aromatic rings. The van der Waals surface area contributed by atoms with E-state index in [1.54, 1.807) is 0 Å². The summed E-state index contributed by atoms with van der Waals surface area (Å²) in [7, 11) is 0. The molecule has 156 valence electrons. The lowest BCUT2D eigenvalue weighted by atomic mass is 9.94. The van der Waals surface area contributed by atoms with Crippen LogP contribution in [0.4, 0.5) is 5.69 Å². The summed E-state index contributed by atoms with van der Waals surface area (Å²) in [6.45, 7) is 12.8. The maximum atomic E-state index is 13.1. The minimum Gasteiger partial charge on any atom is -0.328 e. The maximum Gasteiger partial charge on any atom is 0.278 e. The Morgan fingerprint density at radius 2 is 1.61 bits per heavy atom. The van der Waals surface area contributed by atoms with Crippen molar-refractivity contribution in [3.8, 4) is 0 Å². The lowest BCUT2D eigenvalue weighted by Gasteiger charge is -2.34. The van der Waals surface area contributed by atoms with E-state index in [4.69, 9.17) is 0 Å². The third kappa shape index (κ3) is 6.06. The normalized spacial score (nSPS) is 14.9. The molecule has 0 radical (unpaired) electrons. The number of hydrogen-bond acceptors (Lipinski definition) is 2. The van der Waals surface area contributed by atoms with Crippen molar-refractivity contribution in [1.29, 1.82) is 0 Å². The summed E-state index contributed by atoms with van der Waals surface area (Å²) in [6, 6.07) is 4.36. The topological polar surface area (TPSA) is 53.9 Å². The molecule has 0 heterocycles. The Balaban J connectivity index is 2.12. The predicted molar refractivity (Wildman–Crippen MR) is 115 cm³/mol. The first kappa shape index (κ1) is 22.4. The zero-order chi connectivity index (χ0) is 20.7. The van der Waals surface area contributed by atoms with Crippen LogP contribution in [0.3, 0.4) is 0 Å². The molecule has 0 saturated heterocycles. The van der Waals surface area contributed by atoms with Gasteiger partial charge in [0.1, 0.15) is 6.54 Å². The predicted octanol–water partition coefficient (Wildman–Crippen LogP) is 2.64. The van der Waals surface area contributed by atoms with Crippen molar-refractivity contribution in [1.82, 2.24) is 4.90 Å². The molecule has 0 spiro atoms. The first-order chi connectivity index (χ1) is 13.3. The van der Waals surface area contributed by atoms with Gasteiger partial charge < -0.3 is 15.1 Å². The molecular weight excluding hydrogens is 350 g/mol. The molecule has 2 N–H and O–H groups in total. The molecule has 1 saturated carbocycles. The number of quaternary nitrogens is 1. The van der Waals surface area contributed by atoms with Crippen LogP contribution in [-0.4, -0.2) is 48.9 Å². The Hall–Kier alpha value is -1.88. The van der Waals surface area contributed by atoms with E-state index in [-0.39, 0.29) is 24.4 Å². The fraction of sp³-hybridized carbons (Fsp3) is 0.652. The molecule has 0 aliphatic heterocycles. The third-order valence-corrected chi connectivity index (χ3v) is 5.99. The van der Waals surface area contributed by atoms with Gasteiger partial charge in [-0.25, -0.2) is 0 Å². The van der Waals surface area contributed by atoms with Crippen LogP contribution in [0.1, 0.15) is 62.6 Å². The molecule has 0 bridgehead atoms. The molecule has 0 atom stereocenters. The number of carbonyl (C=O) groups is 2. The second-order valence-corrected chi connectivity index (χ2v) is 8.27. The van der Waals surface area contributed by atoms with Gasteiger partial charge in [-0.2, -0.15) is 0 Å². The van der Waals surface area contributed by atoms with Crippen LogP contribution in [0, 0.1) is 20.8 Å². The maximum absolute atomic E-state index is 13.1. The van der Waals surface area contributed by atoms with Crippen molar-refractivity contribution >= 4 is 17.5 Å². The monoisotopic (exact) mass is 388 g/mol. The van der Waals surface area contributed by atoms with E-state index < -0.39 is 0 Å². The summed E-state index contributed by atoms with van der Waals surface area (Å²) in [5.74, 6) is 0.0154. The Morgan fingerprint density at radius 1 is 1.04 bits per heavy atom. The van der Waals surface area contributed by atoms with E-state index in [1.807, 2.05) is 18.7 Å². The fourth-order valence-corrected chi connectivity index (χ4v) is 4.34. The van der Waals surface area contributed by atoms with Crippen LogP contribution in [0.25, 0.3) is 0 Å². The highest BCUT2D eigenvalue weighted by Crippen LogP contribution is 2.24. The number of nitrogens with one attached hydrogen (secondary N) is 2. The summed E-state index contributed by atoms with van der Waals surface area (Å²) in [5, 5.41) is 3.07. The van der Waals surface area contributed by atoms with Crippen LogP contribution in [0.5, 0.6) is 0 Å². The number of anilines is 1. The fourth-order valence-electron chi connectivity index (χ4n) is 4.34. The summed E-state index contributed by atoms with van der Waals surface area (Å²) < 4.78 is 0. The first-order valence-electron chi connectivity index (χ1n) is 10.9. The summed E-state index contributed by atoms with van der Waals surface area (Å²) in [4.78, 5) is 29.1. The smallest absolute Gasteiger partial charge is 0.278 e. The van der Waals surface area contributed by atoms with E-state index in [9.17, 15) is 9.59 Å². The van der Waals surface area contributed by atoms with Crippen LogP contribution >= 0.6 is 0 Å². The Labute approximate surface area is 170 Å². The molecule has 5 nitrogen and oxygen atoms in total. The van der Waals surface area contributed by atoms with Crippen LogP contribution in [0.2, 0.25) is 0 Å². The molecule has 1 aliphatic carbocycles. The highest BCUT2D eigenvalue weighted by atomic mass is 16.2. The summed E-state index contributed by atoms with van der Waals surface area (Å²) in [6.07, 6.45) is 5.53. The average Bonchev–Trinajstić information content (AvgIpc) is 2.67. The molecule has 2 rings (SSSR count). The van der Waals surface area contributed by atoms with Gasteiger partial charge in [-0.05, 0) is 58.6 Å². The first-order valence-corrected chi connectivity index (χ1v) is 10.9. The molecule has 5 heteroatoms. The lowest BCUT2D eigenvalue weighted by Crippen LogP contribution is -3.12. The SMILES string of the molecule is CC[NH+](CC)CC(=O)N(CC(=O)Nc1c(C)cc(C)cc1C)C1CCCCC1. The molecule has 2 amide bonds. The van der Waals surface area contributed by atoms with Crippen molar-refractivity contribution in [3.63, 3.8) is 0 Å². The Morgan fingerprint density at radius 3 is 2.14 bits per heavy atom. The van der Waals surface area contributed by atoms with Gasteiger partial charge in [-0.3, -0.25) is 9.59 Å². The van der Waals surface area contributed by atoms with Gasteiger partial charge in [0.25, 0.3) is 5.91 Å². The number of likely N-dealkylation sites (N-methyl/N-ethyl adjacent to an activating group) is 1. The van der Waals surface area contributed by atoms with Crippen molar-refractivity contribution < 1.29 is 14.5 Å². The number of aryl methyl sites for hydroxylation is 3. The number of rotatable bonds is 8. The van der Waals surface area contributed by atoms with Crippen molar-refractivity contribution in [2.24, 2.45) is 0 Å². The Kier molecular flexibility index (Phi) is 8.49. The molecule has 1 aliphatic rings. The zero-order valence-corrected chi connectivity index (χ0v) is 18.4. The molecule has 1 aromatic carbocycles. The van der Waals surface area contributed by atoms with Crippen molar-refractivity contribution in [2.75, 3.05) is 31.5 Å². The highest BCUT2D eigenvalue weighted by molar-refractivity contribution is 5.96. The van der Waals surface area contributed by atoms with Gasteiger partial charge in [-0.1, -0.05) is 37.0 Å². The standard InChI is InChI=1S/C23H37N3O2/c1-6-25(7-2)16-22(28)26(20-11-9-8-10-12-20)15-21(27)24-23-18(4)13-17(3)14-19(23)5/h13-14,20H,6-12,15-16H2,1-5H3,(H,24,27)/p+1. The van der Waals surface area contributed by atoms with Gasteiger partial charge in [0.05, 0.1) is 13.1 Å². The van der Waals surface area contributed by atoms with E-state index in [1.165, 1.54) is 16.9 Å². The second-order valence-electron chi connectivity index (χ2n) is 8.27. The van der Waals surface area contributed by atoms with Crippen LogP contribution in [0.15, 0.2) is 12.1 Å². The zero-order valence-electron chi connectivity index (χ0n) is 18.4. The number of benzene rings is 1. The van der Waals surface area contributed by atoms with E-state index in [0.717, 1.165) is 55.6 Å². The number of carbonyl (C=O) groups excluding carboxylic acids is 2. The number of amides is 2. The number of hydrogen-bond donors (Lipinski definition) is 2. The van der Waals surface area contributed by atoms with Gasteiger partial charge in [0.2, 0.25) is 5.91 Å². The molecule has 1 fully saturated rings. The Bertz CT molecular complexity index is 653. The summed E-state index contributed by atoms with van der Waals surface area (Å²) in [5.41, 5.74) is 4.19. The van der Waals surface area contributed by atoms with Crippen molar-refractivity contribution in [2.45, 2.75) is 72.8 Å². The molecule has 0 unspecified atom stereocenters. The highest BCUT2D eigenvalue weighted by Gasteiger charge is 2.29. The van der Waals surface area contributed by atoms with Gasteiger partial charge in [0.15, 0.2) is 6.54 Å². The van der Waals surface area contributed by atoms with Crippen LogP contribution < -0.4 is 10.2 Å². The minimum atomic E-state index is -0.0940. The molecule has 0 aromatic heterocycles.